The van der Waals surface area contributed by atoms with E-state index in [0.717, 1.165) is 4.68 Å². The molecule has 0 bridgehead atoms. The van der Waals surface area contributed by atoms with Gasteiger partial charge >= 0.3 is 0 Å². The number of hydrogen-bond acceptors (Lipinski definition) is 7. The Balaban J connectivity index is 1.33. The van der Waals surface area contributed by atoms with Gasteiger partial charge in [0.25, 0.3) is 11.5 Å². The van der Waals surface area contributed by atoms with Crippen LogP contribution in [0.15, 0.2) is 47.3 Å². The molecule has 0 saturated heterocycles. The Labute approximate surface area is 158 Å². The van der Waals surface area contributed by atoms with Crippen molar-refractivity contribution in [2.24, 2.45) is 0 Å². The highest BCUT2D eigenvalue weighted by atomic mass is 16.7. The summed E-state index contributed by atoms with van der Waals surface area (Å²) < 4.78 is 11.5. The monoisotopic (exact) mass is 381 g/mol. The molecule has 0 fully saturated rings. The van der Waals surface area contributed by atoms with Crippen LogP contribution in [0.1, 0.15) is 16.8 Å². The van der Waals surface area contributed by atoms with E-state index in [1.165, 1.54) is 6.07 Å². The van der Waals surface area contributed by atoms with E-state index in [9.17, 15) is 14.4 Å². The summed E-state index contributed by atoms with van der Waals surface area (Å²) in [4.78, 5) is 36.4. The summed E-state index contributed by atoms with van der Waals surface area (Å²) >= 11 is 0. The molecule has 2 heterocycles. The third-order valence-electron chi connectivity index (χ3n) is 4.13. The number of hydrogen-bond donors (Lipinski definition) is 2. The Morgan fingerprint density at radius 1 is 1.07 bits per heavy atom. The molecule has 0 atom stereocenters. The molecule has 0 radical (unpaired) electrons. The van der Waals surface area contributed by atoms with Crippen LogP contribution in [-0.4, -0.2) is 33.6 Å². The Morgan fingerprint density at radius 3 is 2.79 bits per heavy atom. The molecule has 10 nitrogen and oxygen atoms in total. The maximum Gasteiger partial charge on any atom is 0.277 e. The van der Waals surface area contributed by atoms with Gasteiger partial charge in [-0.3, -0.25) is 25.2 Å². The smallest absolute Gasteiger partial charge is 0.277 e. The van der Waals surface area contributed by atoms with E-state index in [1.807, 2.05) is 0 Å². The van der Waals surface area contributed by atoms with Crippen LogP contribution in [-0.2, 0) is 11.3 Å². The van der Waals surface area contributed by atoms with E-state index >= 15 is 0 Å². The normalized spacial score (nSPS) is 12.0. The van der Waals surface area contributed by atoms with Crippen molar-refractivity contribution >= 4 is 22.7 Å². The second-order valence-corrected chi connectivity index (χ2v) is 5.96. The summed E-state index contributed by atoms with van der Waals surface area (Å²) in [6.07, 6.45) is -0.0612. The number of nitrogens with one attached hydrogen (secondary N) is 2. The van der Waals surface area contributed by atoms with Gasteiger partial charge in [-0.1, -0.05) is 17.3 Å². The Morgan fingerprint density at radius 2 is 1.89 bits per heavy atom. The van der Waals surface area contributed by atoms with Crippen LogP contribution in [0.3, 0.4) is 0 Å². The van der Waals surface area contributed by atoms with Gasteiger partial charge in [0.05, 0.1) is 11.9 Å². The lowest BCUT2D eigenvalue weighted by Crippen LogP contribution is -2.42. The number of carbonyl (C=O) groups is 2. The molecule has 4 rings (SSSR count). The summed E-state index contributed by atoms with van der Waals surface area (Å²) in [5.41, 5.74) is 5.08. The molecule has 0 saturated carbocycles. The first-order chi connectivity index (χ1) is 13.6. The van der Waals surface area contributed by atoms with Gasteiger partial charge in [0.1, 0.15) is 5.52 Å². The van der Waals surface area contributed by atoms with Crippen molar-refractivity contribution in [3.05, 3.63) is 58.4 Å². The van der Waals surface area contributed by atoms with Gasteiger partial charge in [0.2, 0.25) is 12.7 Å². The molecule has 2 aromatic carbocycles. The minimum Gasteiger partial charge on any atom is -0.454 e. The Bertz CT molecular complexity index is 1130. The Kier molecular flexibility index (Phi) is 4.58. The van der Waals surface area contributed by atoms with Crippen LogP contribution in [0, 0.1) is 0 Å². The molecule has 0 unspecified atom stereocenters. The van der Waals surface area contributed by atoms with Crippen molar-refractivity contribution in [1.29, 1.82) is 0 Å². The number of amides is 2. The number of nitrogens with zero attached hydrogens (tertiary/aromatic N) is 3. The first-order valence-electron chi connectivity index (χ1n) is 8.43. The summed E-state index contributed by atoms with van der Waals surface area (Å²) in [7, 11) is 0. The average Bonchev–Trinajstić information content (AvgIpc) is 3.19. The zero-order valence-corrected chi connectivity index (χ0v) is 14.5. The third kappa shape index (κ3) is 3.47. The molecule has 3 aromatic rings. The van der Waals surface area contributed by atoms with Gasteiger partial charge in [0, 0.05) is 12.0 Å². The van der Waals surface area contributed by atoms with Crippen LogP contribution >= 0.6 is 0 Å². The number of carbonyl (C=O) groups excluding carboxylic acids is 2. The number of benzene rings is 2. The molecule has 0 aliphatic carbocycles. The fraction of sp³-hybridized carbons (Fsp3) is 0.167. The van der Waals surface area contributed by atoms with E-state index in [2.05, 4.69) is 21.2 Å². The van der Waals surface area contributed by atoms with Gasteiger partial charge in [0.15, 0.2) is 11.5 Å². The quantitative estimate of drug-likeness (QED) is 0.626. The molecule has 10 heteroatoms. The molecule has 1 aromatic heterocycles. The largest absolute Gasteiger partial charge is 0.454 e. The van der Waals surface area contributed by atoms with Crippen molar-refractivity contribution in [2.75, 3.05) is 6.79 Å². The lowest BCUT2D eigenvalue weighted by molar-refractivity contribution is -0.122. The van der Waals surface area contributed by atoms with Crippen LogP contribution in [0.5, 0.6) is 11.5 Å². The molecule has 0 spiro atoms. The third-order valence-corrected chi connectivity index (χ3v) is 4.13. The topological polar surface area (TPSA) is 124 Å². The lowest BCUT2D eigenvalue weighted by atomic mass is 10.2. The van der Waals surface area contributed by atoms with E-state index in [-0.39, 0.29) is 25.3 Å². The predicted octanol–water partition coefficient (Wildman–Crippen LogP) is 0.371. The van der Waals surface area contributed by atoms with Crippen molar-refractivity contribution in [2.45, 2.75) is 13.0 Å². The second kappa shape index (κ2) is 7.35. The zero-order valence-electron chi connectivity index (χ0n) is 14.5. The number of rotatable bonds is 4. The summed E-state index contributed by atoms with van der Waals surface area (Å²) in [5, 5.41) is 8.19. The maximum absolute atomic E-state index is 12.3. The summed E-state index contributed by atoms with van der Waals surface area (Å²) in [6, 6.07) is 11.5. The van der Waals surface area contributed by atoms with Crippen molar-refractivity contribution < 1.29 is 19.1 Å². The van der Waals surface area contributed by atoms with Gasteiger partial charge in [-0.05, 0) is 30.3 Å². The van der Waals surface area contributed by atoms with Gasteiger partial charge in [-0.25, -0.2) is 4.68 Å². The molecule has 2 N–H and O–H groups in total. The molecular formula is C18H15N5O5. The Hall–Kier alpha value is -3.95. The van der Waals surface area contributed by atoms with Gasteiger partial charge in [-0.2, -0.15) is 0 Å². The number of aromatic nitrogens is 3. The fourth-order valence-electron chi connectivity index (χ4n) is 2.68. The van der Waals surface area contributed by atoms with Crippen molar-refractivity contribution in [3.8, 4) is 11.5 Å². The highest BCUT2D eigenvalue weighted by Gasteiger charge is 2.16. The van der Waals surface area contributed by atoms with Crippen LogP contribution in [0.2, 0.25) is 0 Å². The lowest BCUT2D eigenvalue weighted by Gasteiger charge is -2.08. The van der Waals surface area contributed by atoms with E-state index in [4.69, 9.17) is 9.47 Å². The number of aryl methyl sites for hydroxylation is 1. The van der Waals surface area contributed by atoms with Crippen molar-refractivity contribution in [3.63, 3.8) is 0 Å². The van der Waals surface area contributed by atoms with Crippen LogP contribution in [0.4, 0.5) is 0 Å². The number of hydrazine groups is 1. The molecule has 1 aliphatic heterocycles. The van der Waals surface area contributed by atoms with E-state index in [0.29, 0.717) is 28.0 Å². The molecule has 142 valence electrons. The minimum absolute atomic E-state index is 0.0302. The highest BCUT2D eigenvalue weighted by Crippen LogP contribution is 2.32. The zero-order chi connectivity index (χ0) is 19.5. The first-order valence-corrected chi connectivity index (χ1v) is 8.43. The van der Waals surface area contributed by atoms with E-state index < -0.39 is 11.8 Å². The number of ether oxygens (including phenoxy) is 2. The van der Waals surface area contributed by atoms with Crippen LogP contribution < -0.4 is 25.9 Å². The van der Waals surface area contributed by atoms with Crippen LogP contribution in [0.25, 0.3) is 10.9 Å². The minimum atomic E-state index is -0.505. The van der Waals surface area contributed by atoms with E-state index in [1.54, 1.807) is 36.4 Å². The van der Waals surface area contributed by atoms with Crippen molar-refractivity contribution in [1.82, 2.24) is 25.8 Å². The highest BCUT2D eigenvalue weighted by molar-refractivity contribution is 5.96. The SMILES string of the molecule is O=C(CCn1nnc2ccccc2c1=O)NNC(=O)c1ccc2c(c1)OCO2. The number of fused-ring (bicyclic) bond motifs is 2. The summed E-state index contributed by atoms with van der Waals surface area (Å²) in [6.45, 7) is 0.135. The molecule has 1 aliphatic rings. The molecular weight excluding hydrogens is 366 g/mol. The predicted molar refractivity (Wildman–Crippen MR) is 96.6 cm³/mol. The van der Waals surface area contributed by atoms with Gasteiger partial charge < -0.3 is 9.47 Å². The molecule has 2 amide bonds. The maximum atomic E-state index is 12.3. The molecule has 28 heavy (non-hydrogen) atoms. The second-order valence-electron chi connectivity index (χ2n) is 5.96. The first kappa shape index (κ1) is 17.5. The summed E-state index contributed by atoms with van der Waals surface area (Å²) in [5.74, 6) is 0.0426. The average molecular weight is 381 g/mol. The standard InChI is InChI=1S/C18H15N5O5/c24-16(7-8-23-18(26)12-3-1-2-4-13(12)19-22-23)20-21-17(25)11-5-6-14-15(9-11)28-10-27-14/h1-6,9H,7-8,10H2,(H,20,24)(H,21,25). The fourth-order valence-corrected chi connectivity index (χ4v) is 2.68. The van der Waals surface area contributed by atoms with Gasteiger partial charge in [-0.15, -0.1) is 5.10 Å².